The Morgan fingerprint density at radius 2 is 1.80 bits per heavy atom. The van der Waals surface area contributed by atoms with Crippen molar-refractivity contribution < 1.29 is 9.84 Å². The zero-order valence-corrected chi connectivity index (χ0v) is 12.9. The Labute approximate surface area is 123 Å². The van der Waals surface area contributed by atoms with E-state index in [1.807, 2.05) is 12.1 Å². The topological polar surface area (TPSA) is 55.5 Å². The molecule has 1 rings (SSSR count). The van der Waals surface area contributed by atoms with Crippen LogP contribution < -0.4 is 10.5 Å². The van der Waals surface area contributed by atoms with Crippen molar-refractivity contribution in [2.75, 3.05) is 6.61 Å². The number of hydrogen-bond donors (Lipinski definition) is 2. The fourth-order valence-electron chi connectivity index (χ4n) is 2.12. The number of rotatable bonds is 10. The van der Waals surface area contributed by atoms with Crippen LogP contribution in [0.5, 0.6) is 5.75 Å². The van der Waals surface area contributed by atoms with Crippen molar-refractivity contribution in [1.29, 1.82) is 0 Å². The second-order valence-corrected chi connectivity index (χ2v) is 5.76. The molecule has 0 radical (unpaired) electrons. The molecule has 0 aliphatic rings. The molecule has 114 valence electrons. The van der Waals surface area contributed by atoms with Crippen molar-refractivity contribution in [3.63, 3.8) is 0 Å². The smallest absolute Gasteiger partial charge is 0.119 e. The molecule has 0 saturated heterocycles. The minimum absolute atomic E-state index is 0.614. The Balaban J connectivity index is 2.22. The van der Waals surface area contributed by atoms with Gasteiger partial charge in [-0.05, 0) is 50.3 Å². The Morgan fingerprint density at radius 1 is 1.10 bits per heavy atom. The van der Waals surface area contributed by atoms with Crippen molar-refractivity contribution in [3.05, 3.63) is 29.8 Å². The SMILES string of the molecule is CCCCCCOc1ccc(CCCC(C)(N)O)cc1. The maximum Gasteiger partial charge on any atom is 0.119 e. The van der Waals surface area contributed by atoms with Crippen molar-refractivity contribution in [2.24, 2.45) is 5.73 Å². The molecule has 0 heterocycles. The number of nitrogens with two attached hydrogens (primary N) is 1. The van der Waals surface area contributed by atoms with Crippen LogP contribution in [0.4, 0.5) is 0 Å². The number of benzene rings is 1. The average Bonchev–Trinajstić information content (AvgIpc) is 2.39. The molecule has 0 fully saturated rings. The molecule has 0 spiro atoms. The lowest BCUT2D eigenvalue weighted by atomic mass is 10.0. The maximum atomic E-state index is 9.46. The lowest BCUT2D eigenvalue weighted by molar-refractivity contribution is 0.0559. The highest BCUT2D eigenvalue weighted by Gasteiger charge is 2.11. The molecule has 1 atom stereocenters. The van der Waals surface area contributed by atoms with Gasteiger partial charge in [0, 0.05) is 0 Å². The highest BCUT2D eigenvalue weighted by molar-refractivity contribution is 5.27. The molecule has 0 aromatic heterocycles. The molecular formula is C17H29NO2. The normalized spacial score (nSPS) is 14.0. The van der Waals surface area contributed by atoms with Crippen molar-refractivity contribution in [2.45, 2.75) is 64.5 Å². The van der Waals surface area contributed by atoms with E-state index in [9.17, 15) is 5.11 Å². The molecule has 3 heteroatoms. The van der Waals surface area contributed by atoms with Crippen molar-refractivity contribution in [1.82, 2.24) is 0 Å². The first-order valence-corrected chi connectivity index (χ1v) is 7.74. The third kappa shape index (κ3) is 8.18. The molecule has 20 heavy (non-hydrogen) atoms. The van der Waals surface area contributed by atoms with Gasteiger partial charge in [-0.15, -0.1) is 0 Å². The summed E-state index contributed by atoms with van der Waals surface area (Å²) in [7, 11) is 0. The van der Waals surface area contributed by atoms with Gasteiger partial charge >= 0.3 is 0 Å². The summed E-state index contributed by atoms with van der Waals surface area (Å²) in [5.41, 5.74) is 5.75. The first kappa shape index (κ1) is 17.0. The van der Waals surface area contributed by atoms with E-state index in [2.05, 4.69) is 19.1 Å². The van der Waals surface area contributed by atoms with Gasteiger partial charge in [-0.2, -0.15) is 0 Å². The molecule has 1 aromatic carbocycles. The van der Waals surface area contributed by atoms with Crippen LogP contribution in [0.2, 0.25) is 0 Å². The Hall–Kier alpha value is -1.06. The Kier molecular flexibility index (Phi) is 7.63. The molecular weight excluding hydrogens is 250 g/mol. The van der Waals surface area contributed by atoms with Crippen LogP contribution >= 0.6 is 0 Å². The molecule has 0 aliphatic heterocycles. The highest BCUT2D eigenvalue weighted by Crippen LogP contribution is 2.16. The first-order valence-electron chi connectivity index (χ1n) is 7.74. The Bertz CT molecular complexity index is 354. The third-order valence-electron chi connectivity index (χ3n) is 3.34. The summed E-state index contributed by atoms with van der Waals surface area (Å²) in [5, 5.41) is 9.46. The number of hydrogen-bond acceptors (Lipinski definition) is 3. The molecule has 0 saturated carbocycles. The minimum atomic E-state index is -1.05. The fraction of sp³-hybridized carbons (Fsp3) is 0.647. The molecule has 0 bridgehead atoms. The molecule has 3 nitrogen and oxygen atoms in total. The average molecular weight is 279 g/mol. The second-order valence-electron chi connectivity index (χ2n) is 5.76. The van der Waals surface area contributed by atoms with Crippen LogP contribution in [0, 0.1) is 0 Å². The van der Waals surface area contributed by atoms with E-state index in [0.29, 0.717) is 6.42 Å². The largest absolute Gasteiger partial charge is 0.494 e. The predicted octanol–water partition coefficient (Wildman–Crippen LogP) is 3.64. The van der Waals surface area contributed by atoms with Crippen LogP contribution in [0.3, 0.4) is 0 Å². The maximum absolute atomic E-state index is 9.46. The lowest BCUT2D eigenvalue weighted by Crippen LogP contribution is -2.35. The monoisotopic (exact) mass is 279 g/mol. The van der Waals surface area contributed by atoms with Gasteiger partial charge in [-0.1, -0.05) is 38.3 Å². The minimum Gasteiger partial charge on any atom is -0.494 e. The summed E-state index contributed by atoms with van der Waals surface area (Å²) in [4.78, 5) is 0. The number of unbranched alkanes of at least 4 members (excludes halogenated alkanes) is 3. The van der Waals surface area contributed by atoms with E-state index in [0.717, 1.165) is 31.6 Å². The zero-order valence-electron chi connectivity index (χ0n) is 12.9. The van der Waals surface area contributed by atoms with Crippen molar-refractivity contribution >= 4 is 0 Å². The van der Waals surface area contributed by atoms with E-state index in [1.165, 1.54) is 24.8 Å². The van der Waals surface area contributed by atoms with E-state index in [4.69, 9.17) is 10.5 Å². The molecule has 0 aliphatic carbocycles. The van der Waals surface area contributed by atoms with E-state index in [-0.39, 0.29) is 0 Å². The van der Waals surface area contributed by atoms with Gasteiger partial charge < -0.3 is 15.6 Å². The zero-order chi connectivity index (χ0) is 14.8. The van der Waals surface area contributed by atoms with Gasteiger partial charge in [0.05, 0.1) is 6.61 Å². The predicted molar refractivity (Wildman–Crippen MR) is 83.8 cm³/mol. The summed E-state index contributed by atoms with van der Waals surface area (Å²) in [6.07, 6.45) is 7.35. The van der Waals surface area contributed by atoms with Gasteiger partial charge in [0.15, 0.2) is 0 Å². The van der Waals surface area contributed by atoms with Crippen LogP contribution in [0.15, 0.2) is 24.3 Å². The fourth-order valence-corrected chi connectivity index (χ4v) is 2.12. The lowest BCUT2D eigenvalue weighted by Gasteiger charge is -2.16. The number of aryl methyl sites for hydroxylation is 1. The molecule has 1 aromatic rings. The first-order chi connectivity index (χ1) is 9.51. The summed E-state index contributed by atoms with van der Waals surface area (Å²) in [5.74, 6) is 0.941. The van der Waals surface area contributed by atoms with E-state index < -0.39 is 5.72 Å². The van der Waals surface area contributed by atoms with Gasteiger partial charge in [-0.25, -0.2) is 0 Å². The van der Waals surface area contributed by atoms with Gasteiger partial charge in [0.1, 0.15) is 11.5 Å². The molecule has 1 unspecified atom stereocenters. The van der Waals surface area contributed by atoms with Gasteiger partial charge in [0.2, 0.25) is 0 Å². The summed E-state index contributed by atoms with van der Waals surface area (Å²) in [6.45, 7) is 4.65. The van der Waals surface area contributed by atoms with E-state index in [1.54, 1.807) is 6.92 Å². The second kappa shape index (κ2) is 8.98. The quantitative estimate of drug-likeness (QED) is 0.508. The molecule has 3 N–H and O–H groups in total. The van der Waals surface area contributed by atoms with Crippen LogP contribution in [-0.2, 0) is 6.42 Å². The standard InChI is InChI=1S/C17H29NO2/c1-3-4-5-6-14-20-16-11-9-15(10-12-16)8-7-13-17(2,18)19/h9-12,19H,3-8,13-14,18H2,1-2H3. The third-order valence-corrected chi connectivity index (χ3v) is 3.34. The van der Waals surface area contributed by atoms with E-state index >= 15 is 0 Å². The van der Waals surface area contributed by atoms with Gasteiger partial charge in [0.25, 0.3) is 0 Å². The summed E-state index contributed by atoms with van der Waals surface area (Å²) < 4.78 is 5.71. The summed E-state index contributed by atoms with van der Waals surface area (Å²) in [6, 6.07) is 8.23. The van der Waals surface area contributed by atoms with Crippen LogP contribution in [-0.4, -0.2) is 17.4 Å². The molecule has 0 amide bonds. The van der Waals surface area contributed by atoms with Crippen LogP contribution in [0.25, 0.3) is 0 Å². The van der Waals surface area contributed by atoms with Crippen LogP contribution in [0.1, 0.15) is 57.9 Å². The highest BCUT2D eigenvalue weighted by atomic mass is 16.5. The summed E-state index contributed by atoms with van der Waals surface area (Å²) >= 11 is 0. The Morgan fingerprint density at radius 3 is 2.40 bits per heavy atom. The van der Waals surface area contributed by atoms with Crippen molar-refractivity contribution in [3.8, 4) is 5.75 Å². The number of ether oxygens (including phenoxy) is 1. The number of aliphatic hydroxyl groups is 1. The van der Waals surface area contributed by atoms with Gasteiger partial charge in [-0.3, -0.25) is 0 Å².